The fraction of sp³-hybridized carbons (Fsp3) is 0. The molecular formula is C12H5F2IrN2S-. The molecule has 18 heavy (non-hydrogen) atoms. The molecule has 0 fully saturated rings. The van der Waals surface area contributed by atoms with E-state index in [0.717, 1.165) is 22.3 Å². The van der Waals surface area contributed by atoms with Crippen LogP contribution < -0.4 is 0 Å². The van der Waals surface area contributed by atoms with Gasteiger partial charge in [-0.15, -0.1) is 18.2 Å². The molecule has 0 saturated carbocycles. The van der Waals surface area contributed by atoms with Gasteiger partial charge in [0.2, 0.25) is 0 Å². The molecule has 0 atom stereocenters. The molecule has 0 aliphatic carbocycles. The van der Waals surface area contributed by atoms with Crippen LogP contribution in [0.25, 0.3) is 21.5 Å². The Morgan fingerprint density at radius 2 is 1.94 bits per heavy atom. The SMILES string of the molecule is Fc1[c-]c(-c2ncnc3ccsc23)c(F)cc1.[Ir]. The summed E-state index contributed by atoms with van der Waals surface area (Å²) < 4.78 is 27.5. The summed E-state index contributed by atoms with van der Waals surface area (Å²) in [6.07, 6.45) is 1.34. The van der Waals surface area contributed by atoms with Crippen molar-refractivity contribution in [3.8, 4) is 11.3 Å². The van der Waals surface area contributed by atoms with Gasteiger partial charge >= 0.3 is 0 Å². The van der Waals surface area contributed by atoms with Gasteiger partial charge in [-0.25, -0.2) is 9.37 Å². The third-order valence-corrected chi connectivity index (χ3v) is 3.25. The van der Waals surface area contributed by atoms with Crippen molar-refractivity contribution in [1.82, 2.24) is 9.97 Å². The van der Waals surface area contributed by atoms with E-state index in [2.05, 4.69) is 16.0 Å². The van der Waals surface area contributed by atoms with Crippen LogP contribution in [0.5, 0.6) is 0 Å². The van der Waals surface area contributed by atoms with Crippen LogP contribution >= 0.6 is 11.3 Å². The average molecular weight is 439 g/mol. The summed E-state index contributed by atoms with van der Waals surface area (Å²) in [5.41, 5.74) is 1.14. The molecule has 2 heterocycles. The second kappa shape index (κ2) is 5.18. The minimum absolute atomic E-state index is 0. The van der Waals surface area contributed by atoms with Crippen LogP contribution in [-0.4, -0.2) is 9.97 Å². The number of benzene rings is 1. The van der Waals surface area contributed by atoms with E-state index in [9.17, 15) is 8.78 Å². The molecule has 2 aromatic heterocycles. The molecule has 0 unspecified atom stereocenters. The van der Waals surface area contributed by atoms with Crippen molar-refractivity contribution < 1.29 is 28.9 Å². The molecule has 0 N–H and O–H groups in total. The van der Waals surface area contributed by atoms with Gasteiger partial charge in [-0.05, 0) is 11.4 Å². The molecule has 1 radical (unpaired) electrons. The van der Waals surface area contributed by atoms with Crippen molar-refractivity contribution in [2.24, 2.45) is 0 Å². The molecule has 3 aromatic rings. The number of rotatable bonds is 1. The molecule has 2 nitrogen and oxygen atoms in total. The molecule has 0 aliphatic rings. The largest absolute Gasteiger partial charge is 0.284 e. The zero-order valence-corrected chi connectivity index (χ0v) is 12.0. The minimum atomic E-state index is -0.607. The molecule has 1 aromatic carbocycles. The van der Waals surface area contributed by atoms with E-state index in [0.29, 0.717) is 5.69 Å². The number of aromatic nitrogens is 2. The van der Waals surface area contributed by atoms with Gasteiger partial charge in [0.1, 0.15) is 6.33 Å². The molecule has 0 aliphatic heterocycles. The van der Waals surface area contributed by atoms with Crippen molar-refractivity contribution in [1.29, 1.82) is 0 Å². The number of fused-ring (bicyclic) bond motifs is 1. The maximum Gasteiger partial charge on any atom is 0.106 e. The van der Waals surface area contributed by atoms with Crippen LogP contribution in [0.2, 0.25) is 0 Å². The zero-order valence-electron chi connectivity index (χ0n) is 8.78. The van der Waals surface area contributed by atoms with Crippen molar-refractivity contribution in [2.75, 3.05) is 0 Å². The Hall–Kier alpha value is -1.23. The van der Waals surface area contributed by atoms with Crippen LogP contribution in [0.3, 0.4) is 0 Å². The van der Waals surface area contributed by atoms with Crippen LogP contribution in [0.15, 0.2) is 29.9 Å². The van der Waals surface area contributed by atoms with Gasteiger partial charge in [-0.2, -0.15) is 11.3 Å². The third-order valence-electron chi connectivity index (χ3n) is 2.34. The quantitative estimate of drug-likeness (QED) is 0.543. The molecule has 0 saturated heterocycles. The van der Waals surface area contributed by atoms with Crippen molar-refractivity contribution in [3.63, 3.8) is 0 Å². The molecule has 0 bridgehead atoms. The average Bonchev–Trinajstić information content (AvgIpc) is 2.80. The van der Waals surface area contributed by atoms with Gasteiger partial charge in [0, 0.05) is 42.1 Å². The van der Waals surface area contributed by atoms with Gasteiger partial charge in [0.05, 0.1) is 5.52 Å². The summed E-state index contributed by atoms with van der Waals surface area (Å²) >= 11 is 1.39. The van der Waals surface area contributed by atoms with Crippen LogP contribution in [0, 0.1) is 17.7 Å². The van der Waals surface area contributed by atoms with Gasteiger partial charge < -0.3 is 0 Å². The van der Waals surface area contributed by atoms with Gasteiger partial charge in [-0.3, -0.25) is 9.37 Å². The first-order valence-corrected chi connectivity index (χ1v) is 5.69. The van der Waals surface area contributed by atoms with Crippen molar-refractivity contribution in [3.05, 3.63) is 47.6 Å². The van der Waals surface area contributed by atoms with E-state index in [-0.39, 0.29) is 25.7 Å². The van der Waals surface area contributed by atoms with Gasteiger partial charge in [-0.1, -0.05) is 5.56 Å². The van der Waals surface area contributed by atoms with Crippen molar-refractivity contribution in [2.45, 2.75) is 0 Å². The van der Waals surface area contributed by atoms with E-state index >= 15 is 0 Å². The van der Waals surface area contributed by atoms with E-state index in [4.69, 9.17) is 0 Å². The normalized spacial score (nSPS) is 10.3. The van der Waals surface area contributed by atoms with Crippen LogP contribution in [0.1, 0.15) is 0 Å². The second-order valence-corrected chi connectivity index (χ2v) is 4.30. The van der Waals surface area contributed by atoms with Crippen molar-refractivity contribution >= 4 is 21.6 Å². The predicted molar refractivity (Wildman–Crippen MR) is 61.6 cm³/mol. The number of hydrogen-bond donors (Lipinski definition) is 0. The maximum absolute atomic E-state index is 13.6. The number of thiophene rings is 1. The van der Waals surface area contributed by atoms with E-state index in [1.54, 1.807) is 0 Å². The number of nitrogens with zero attached hydrogens (tertiary/aromatic N) is 2. The third kappa shape index (κ3) is 2.19. The smallest absolute Gasteiger partial charge is 0.106 e. The Morgan fingerprint density at radius 1 is 1.11 bits per heavy atom. The number of hydrogen-bond acceptors (Lipinski definition) is 3. The second-order valence-electron chi connectivity index (χ2n) is 3.39. The standard InChI is InChI=1S/C12H5F2N2S.Ir/c13-7-1-2-9(14)8(5-7)11-12-10(3-4-17-12)15-6-16-11;/h1-4,6H;/q-1;. The summed E-state index contributed by atoms with van der Waals surface area (Å²) in [7, 11) is 0. The zero-order chi connectivity index (χ0) is 11.8. The van der Waals surface area contributed by atoms with E-state index in [1.165, 1.54) is 17.7 Å². The topological polar surface area (TPSA) is 25.8 Å². The molecule has 93 valence electrons. The van der Waals surface area contributed by atoms with Gasteiger partial charge in [0.15, 0.2) is 0 Å². The molecule has 0 spiro atoms. The van der Waals surface area contributed by atoms with Crippen LogP contribution in [0.4, 0.5) is 8.78 Å². The molecule has 3 rings (SSSR count). The first kappa shape index (κ1) is 13.2. The van der Waals surface area contributed by atoms with E-state index < -0.39 is 11.6 Å². The maximum atomic E-state index is 13.6. The summed E-state index contributed by atoms with van der Waals surface area (Å²) in [4.78, 5) is 8.06. The summed E-state index contributed by atoms with van der Waals surface area (Å²) in [6.45, 7) is 0. The molecule has 0 amide bonds. The monoisotopic (exact) mass is 440 g/mol. The fourth-order valence-electron chi connectivity index (χ4n) is 1.59. The first-order chi connectivity index (χ1) is 8.25. The van der Waals surface area contributed by atoms with Gasteiger partial charge in [0.25, 0.3) is 0 Å². The molecule has 6 heteroatoms. The Morgan fingerprint density at radius 3 is 2.78 bits per heavy atom. The first-order valence-electron chi connectivity index (χ1n) is 4.81. The fourth-order valence-corrected chi connectivity index (χ4v) is 2.43. The Labute approximate surface area is 119 Å². The van der Waals surface area contributed by atoms with Crippen LogP contribution in [-0.2, 0) is 20.1 Å². The Balaban J connectivity index is 0.00000120. The Bertz CT molecular complexity index is 699. The number of halogens is 2. The summed E-state index contributed by atoms with van der Waals surface area (Å²) in [5.74, 6) is -1.15. The Kier molecular flexibility index (Phi) is 3.80. The molecular weight excluding hydrogens is 434 g/mol. The predicted octanol–water partition coefficient (Wildman–Crippen LogP) is 3.43. The minimum Gasteiger partial charge on any atom is -0.284 e. The summed E-state index contributed by atoms with van der Waals surface area (Å²) in [6, 6.07) is 6.26. The summed E-state index contributed by atoms with van der Waals surface area (Å²) in [5, 5.41) is 1.83. The van der Waals surface area contributed by atoms with E-state index in [1.807, 2.05) is 11.4 Å².